The van der Waals surface area contributed by atoms with E-state index in [1.807, 2.05) is 102 Å². The minimum Gasteiger partial charge on any atom is -0.290 e. The van der Waals surface area contributed by atoms with Gasteiger partial charge in [0.1, 0.15) is 0 Å². The van der Waals surface area contributed by atoms with Crippen LogP contribution in [0.25, 0.3) is 0 Å². The third kappa shape index (κ3) is 7.98. The van der Waals surface area contributed by atoms with Crippen molar-refractivity contribution in [3.63, 3.8) is 0 Å². The first kappa shape index (κ1) is 26.6. The summed E-state index contributed by atoms with van der Waals surface area (Å²) in [6.45, 7) is 11.6. The number of benzene rings is 3. The molecule has 170 valence electrons. The molecule has 0 saturated heterocycles. The molecule has 3 aromatic rings. The number of hydrogen-bond donors (Lipinski definition) is 4. The van der Waals surface area contributed by atoms with Crippen LogP contribution in [0.4, 0.5) is 0 Å². The van der Waals surface area contributed by atoms with Gasteiger partial charge in [-0.1, -0.05) is 71.8 Å². The first-order chi connectivity index (χ1) is 15.1. The van der Waals surface area contributed by atoms with E-state index in [9.17, 15) is 9.59 Å². The van der Waals surface area contributed by atoms with E-state index in [2.05, 4.69) is 10.9 Å². The normalized spacial score (nSPS) is 9.50. The molecule has 0 atom stereocenters. The quantitative estimate of drug-likeness (QED) is 0.276. The van der Waals surface area contributed by atoms with Gasteiger partial charge in [-0.15, -0.1) is 0 Å². The molecule has 0 aliphatic rings. The standard InChI is InChI=1S/2C10H14N2O.C6H6/c2*1-6-4-7(2)9(8(3)5-6)10(13)12-11;1-2-4-6-5-3-1/h2*4-5H,11H2,1-3H3,(H,12,13);1-6H. The van der Waals surface area contributed by atoms with Gasteiger partial charge >= 0.3 is 0 Å². The number of amides is 2. The van der Waals surface area contributed by atoms with Crippen LogP contribution in [0.2, 0.25) is 0 Å². The van der Waals surface area contributed by atoms with E-state index in [-0.39, 0.29) is 11.8 Å². The van der Waals surface area contributed by atoms with Crippen LogP contribution in [0.5, 0.6) is 0 Å². The lowest BCUT2D eigenvalue weighted by molar-refractivity contribution is 0.0944. The van der Waals surface area contributed by atoms with Crippen LogP contribution in [0.1, 0.15) is 54.1 Å². The fraction of sp³-hybridized carbons (Fsp3) is 0.231. The van der Waals surface area contributed by atoms with Crippen LogP contribution in [0, 0.1) is 41.5 Å². The van der Waals surface area contributed by atoms with E-state index in [0.717, 1.165) is 33.4 Å². The zero-order valence-corrected chi connectivity index (χ0v) is 19.7. The largest absolute Gasteiger partial charge is 0.290 e. The average molecular weight is 435 g/mol. The Kier molecular flexibility index (Phi) is 10.8. The second-order valence-corrected chi connectivity index (χ2v) is 7.65. The minimum atomic E-state index is -0.227. The lowest BCUT2D eigenvalue weighted by Crippen LogP contribution is -2.31. The number of hydrogen-bond acceptors (Lipinski definition) is 4. The van der Waals surface area contributed by atoms with Gasteiger partial charge in [0, 0.05) is 11.1 Å². The Morgan fingerprint density at radius 3 is 0.938 bits per heavy atom. The number of nitrogen functional groups attached to an aromatic ring is 2. The molecular weight excluding hydrogens is 400 g/mol. The van der Waals surface area contributed by atoms with Crippen molar-refractivity contribution < 1.29 is 9.59 Å². The Labute approximate surface area is 191 Å². The number of rotatable bonds is 2. The molecular formula is C26H34N4O2. The van der Waals surface area contributed by atoms with Gasteiger partial charge in [-0.05, 0) is 63.8 Å². The Bertz CT molecular complexity index is 905. The molecule has 0 aromatic heterocycles. The SMILES string of the molecule is Cc1cc(C)c(C(=O)NN)c(C)c1.Cc1cc(C)c(C(=O)NN)c(C)c1.c1ccccc1. The van der Waals surface area contributed by atoms with E-state index in [1.54, 1.807) is 0 Å². The second-order valence-electron chi connectivity index (χ2n) is 7.65. The van der Waals surface area contributed by atoms with Gasteiger partial charge in [0.05, 0.1) is 0 Å². The summed E-state index contributed by atoms with van der Waals surface area (Å²) >= 11 is 0. The number of aryl methyl sites for hydroxylation is 6. The van der Waals surface area contributed by atoms with Crippen molar-refractivity contribution in [1.29, 1.82) is 0 Å². The topological polar surface area (TPSA) is 110 Å². The van der Waals surface area contributed by atoms with Crippen molar-refractivity contribution in [3.8, 4) is 0 Å². The maximum Gasteiger partial charge on any atom is 0.265 e. The van der Waals surface area contributed by atoms with Gasteiger partial charge in [-0.2, -0.15) is 0 Å². The van der Waals surface area contributed by atoms with Gasteiger partial charge in [-0.3, -0.25) is 20.4 Å². The zero-order valence-electron chi connectivity index (χ0n) is 19.7. The second kappa shape index (κ2) is 13.0. The highest BCUT2D eigenvalue weighted by Gasteiger charge is 2.11. The average Bonchev–Trinajstić information content (AvgIpc) is 2.74. The van der Waals surface area contributed by atoms with Crippen LogP contribution >= 0.6 is 0 Å². The lowest BCUT2D eigenvalue weighted by Gasteiger charge is -2.08. The van der Waals surface area contributed by atoms with Gasteiger partial charge in [0.25, 0.3) is 11.8 Å². The molecule has 3 aromatic carbocycles. The molecule has 0 fully saturated rings. The van der Waals surface area contributed by atoms with E-state index < -0.39 is 0 Å². The molecule has 0 heterocycles. The Morgan fingerprint density at radius 1 is 0.531 bits per heavy atom. The van der Waals surface area contributed by atoms with Crippen molar-refractivity contribution in [1.82, 2.24) is 10.9 Å². The molecule has 6 nitrogen and oxygen atoms in total. The first-order valence-corrected chi connectivity index (χ1v) is 10.3. The van der Waals surface area contributed by atoms with Crippen LogP contribution in [0.3, 0.4) is 0 Å². The molecule has 0 aliphatic heterocycles. The van der Waals surface area contributed by atoms with Crippen molar-refractivity contribution in [2.75, 3.05) is 0 Å². The van der Waals surface area contributed by atoms with Crippen molar-refractivity contribution in [2.24, 2.45) is 11.7 Å². The third-order valence-electron chi connectivity index (χ3n) is 4.74. The first-order valence-electron chi connectivity index (χ1n) is 10.3. The molecule has 32 heavy (non-hydrogen) atoms. The predicted molar refractivity (Wildman–Crippen MR) is 131 cm³/mol. The van der Waals surface area contributed by atoms with E-state index in [0.29, 0.717) is 11.1 Å². The number of carbonyl (C=O) groups excluding carboxylic acids is 2. The van der Waals surface area contributed by atoms with Gasteiger partial charge < -0.3 is 0 Å². The van der Waals surface area contributed by atoms with Crippen molar-refractivity contribution in [2.45, 2.75) is 41.5 Å². The van der Waals surface area contributed by atoms with Gasteiger partial charge in [0.2, 0.25) is 0 Å². The molecule has 0 saturated carbocycles. The highest BCUT2D eigenvalue weighted by atomic mass is 16.2. The minimum absolute atomic E-state index is 0.227. The Morgan fingerprint density at radius 2 is 0.750 bits per heavy atom. The molecule has 0 bridgehead atoms. The van der Waals surface area contributed by atoms with Crippen LogP contribution in [0.15, 0.2) is 60.7 Å². The third-order valence-corrected chi connectivity index (χ3v) is 4.74. The summed E-state index contributed by atoms with van der Waals surface area (Å²) < 4.78 is 0. The summed E-state index contributed by atoms with van der Waals surface area (Å²) in [5.41, 5.74) is 11.8. The number of carbonyl (C=O) groups is 2. The van der Waals surface area contributed by atoms with Crippen LogP contribution in [-0.2, 0) is 0 Å². The van der Waals surface area contributed by atoms with Crippen LogP contribution < -0.4 is 22.5 Å². The Hall–Kier alpha value is -3.48. The molecule has 6 heteroatoms. The molecule has 0 radical (unpaired) electrons. The maximum absolute atomic E-state index is 11.3. The summed E-state index contributed by atoms with van der Waals surface area (Å²) in [6.07, 6.45) is 0. The Balaban J connectivity index is 0.000000256. The summed E-state index contributed by atoms with van der Waals surface area (Å²) in [6, 6.07) is 19.9. The molecule has 3 rings (SSSR count). The summed E-state index contributed by atoms with van der Waals surface area (Å²) in [5, 5.41) is 0. The smallest absolute Gasteiger partial charge is 0.265 e. The fourth-order valence-electron chi connectivity index (χ4n) is 3.61. The predicted octanol–water partition coefficient (Wildman–Crippen LogP) is 4.12. The fourth-order valence-corrected chi connectivity index (χ4v) is 3.61. The van der Waals surface area contributed by atoms with Gasteiger partial charge in [0.15, 0.2) is 0 Å². The van der Waals surface area contributed by atoms with Gasteiger partial charge in [-0.25, -0.2) is 11.7 Å². The van der Waals surface area contributed by atoms with E-state index in [1.165, 1.54) is 0 Å². The molecule has 0 spiro atoms. The summed E-state index contributed by atoms with van der Waals surface area (Å²) in [7, 11) is 0. The van der Waals surface area contributed by atoms with Crippen LogP contribution in [-0.4, -0.2) is 11.8 Å². The molecule has 0 unspecified atom stereocenters. The lowest BCUT2D eigenvalue weighted by atomic mass is 9.99. The van der Waals surface area contributed by atoms with E-state index in [4.69, 9.17) is 11.7 Å². The molecule has 6 N–H and O–H groups in total. The molecule has 0 aliphatic carbocycles. The number of nitrogens with one attached hydrogen (secondary N) is 2. The monoisotopic (exact) mass is 434 g/mol. The summed E-state index contributed by atoms with van der Waals surface area (Å²) in [5.74, 6) is 9.71. The van der Waals surface area contributed by atoms with Crippen molar-refractivity contribution in [3.05, 3.63) is 105 Å². The highest BCUT2D eigenvalue weighted by Crippen LogP contribution is 2.16. The van der Waals surface area contributed by atoms with Crippen molar-refractivity contribution >= 4 is 11.8 Å². The molecule has 2 amide bonds. The summed E-state index contributed by atoms with van der Waals surface area (Å²) in [4.78, 5) is 22.7. The van der Waals surface area contributed by atoms with E-state index >= 15 is 0 Å². The number of nitrogens with two attached hydrogens (primary N) is 2. The zero-order chi connectivity index (χ0) is 24.3. The number of hydrazine groups is 2. The highest BCUT2D eigenvalue weighted by molar-refractivity contribution is 5.97. The maximum atomic E-state index is 11.3.